The molecule has 5 heterocycles. The molecule has 12 rings (SSSR count). The second-order valence-corrected chi connectivity index (χ2v) is 19.9. The molecule has 2 aliphatic heterocycles. The van der Waals surface area contributed by atoms with E-state index in [-0.39, 0.29) is 17.5 Å². The van der Waals surface area contributed by atoms with Gasteiger partial charge in [-0.15, -0.1) is 0 Å². The van der Waals surface area contributed by atoms with Crippen LogP contribution in [-0.4, -0.2) is 6.71 Å². The van der Waals surface area contributed by atoms with E-state index in [1.54, 1.807) is 0 Å². The summed E-state index contributed by atoms with van der Waals surface area (Å²) >= 11 is 0. The van der Waals surface area contributed by atoms with Crippen LogP contribution in [0.15, 0.2) is 165 Å². The topological polar surface area (TPSA) is 45.9 Å². The molecule has 0 bridgehead atoms. The van der Waals surface area contributed by atoms with Crippen molar-refractivity contribution >= 4 is 90.3 Å². The minimum atomic E-state index is -0.181. The van der Waals surface area contributed by atoms with Gasteiger partial charge in [-0.25, -0.2) is 0 Å². The second-order valence-electron chi connectivity index (χ2n) is 19.9. The summed E-state index contributed by atoms with van der Waals surface area (Å²) < 4.78 is 19.5. The maximum Gasteiger partial charge on any atom is 0.297 e. The Morgan fingerprint density at radius 2 is 1.08 bits per heavy atom. The molecular formula is C58H49BN2O3. The molecule has 0 atom stereocenters. The third-order valence-electron chi connectivity index (χ3n) is 13.7. The summed E-state index contributed by atoms with van der Waals surface area (Å²) in [6, 6.07) is 50.8. The quantitative estimate of drug-likeness (QED) is 0.165. The molecule has 3 aromatic heterocycles. The summed E-state index contributed by atoms with van der Waals surface area (Å²) in [5, 5.41) is 3.31. The summed E-state index contributed by atoms with van der Waals surface area (Å²) in [7, 11) is 0. The van der Waals surface area contributed by atoms with Gasteiger partial charge in [0.1, 0.15) is 16.7 Å². The Morgan fingerprint density at radius 1 is 0.469 bits per heavy atom. The molecule has 0 saturated carbocycles. The van der Waals surface area contributed by atoms with Crippen LogP contribution in [0, 0.1) is 13.8 Å². The van der Waals surface area contributed by atoms with Crippen LogP contribution >= 0.6 is 0 Å². The fourth-order valence-electron chi connectivity index (χ4n) is 10.5. The Kier molecular flexibility index (Phi) is 8.22. The van der Waals surface area contributed by atoms with Crippen molar-refractivity contribution < 1.29 is 13.3 Å². The number of nitrogens with zero attached hydrogens (tertiary/aromatic N) is 2. The lowest BCUT2D eigenvalue weighted by atomic mass is 9.35. The molecule has 6 heteroatoms. The zero-order valence-electron chi connectivity index (χ0n) is 37.6. The molecular weight excluding hydrogens is 783 g/mol. The van der Waals surface area contributed by atoms with Crippen LogP contribution in [0.4, 0.5) is 34.1 Å². The number of benzene rings is 7. The highest BCUT2D eigenvalue weighted by atomic mass is 16.3. The average molecular weight is 833 g/mol. The summed E-state index contributed by atoms with van der Waals surface area (Å²) in [6.07, 6.45) is 3.78. The van der Waals surface area contributed by atoms with Crippen LogP contribution in [0.2, 0.25) is 0 Å². The molecule has 7 aromatic carbocycles. The molecule has 0 N–H and O–H groups in total. The summed E-state index contributed by atoms with van der Waals surface area (Å²) in [5.41, 5.74) is 22.1. The van der Waals surface area contributed by atoms with Gasteiger partial charge in [-0.3, -0.25) is 0 Å². The van der Waals surface area contributed by atoms with Crippen molar-refractivity contribution in [2.24, 2.45) is 0 Å². The zero-order valence-corrected chi connectivity index (χ0v) is 37.6. The predicted molar refractivity (Wildman–Crippen MR) is 268 cm³/mol. The number of furan rings is 3. The minimum absolute atomic E-state index is 0.00512. The van der Waals surface area contributed by atoms with Gasteiger partial charge < -0.3 is 23.1 Å². The van der Waals surface area contributed by atoms with Gasteiger partial charge in [0.05, 0.1) is 29.6 Å². The molecule has 10 aromatic rings. The van der Waals surface area contributed by atoms with Crippen LogP contribution < -0.4 is 26.4 Å². The van der Waals surface area contributed by atoms with Crippen LogP contribution in [0.25, 0.3) is 55.2 Å². The van der Waals surface area contributed by atoms with E-state index in [0.29, 0.717) is 0 Å². The Morgan fingerprint density at radius 3 is 1.73 bits per heavy atom. The van der Waals surface area contributed by atoms with E-state index in [9.17, 15) is 0 Å². The first-order chi connectivity index (χ1) is 30.8. The van der Waals surface area contributed by atoms with Gasteiger partial charge in [-0.1, -0.05) is 126 Å². The van der Waals surface area contributed by atoms with Gasteiger partial charge in [-0.05, 0) is 124 Å². The minimum Gasteiger partial charge on any atom is -0.468 e. The summed E-state index contributed by atoms with van der Waals surface area (Å²) in [4.78, 5) is 5.00. The van der Waals surface area contributed by atoms with Gasteiger partial charge in [0.15, 0.2) is 0 Å². The average Bonchev–Trinajstić information content (AvgIpc) is 4.02. The molecule has 5 nitrogen and oxygen atoms in total. The molecule has 312 valence electrons. The summed E-state index contributed by atoms with van der Waals surface area (Å²) in [6.45, 7) is 18.1. The lowest BCUT2D eigenvalue weighted by Crippen LogP contribution is -2.61. The molecule has 64 heavy (non-hydrogen) atoms. The van der Waals surface area contributed by atoms with Crippen molar-refractivity contribution in [3.05, 3.63) is 174 Å². The van der Waals surface area contributed by atoms with Crippen LogP contribution in [0.1, 0.15) is 63.8 Å². The Bertz CT molecular complexity index is 3510. The predicted octanol–water partition coefficient (Wildman–Crippen LogP) is 14.6. The summed E-state index contributed by atoms with van der Waals surface area (Å²) in [5.74, 6) is 0. The van der Waals surface area contributed by atoms with Gasteiger partial charge in [0.2, 0.25) is 0 Å². The van der Waals surface area contributed by atoms with Gasteiger partial charge in [-0.2, -0.15) is 0 Å². The number of aryl methyl sites for hydroxylation is 2. The normalized spacial score (nSPS) is 13.5. The van der Waals surface area contributed by atoms with Crippen LogP contribution in [0.3, 0.4) is 0 Å². The second kappa shape index (κ2) is 13.7. The Hall–Kier alpha value is -7.18. The number of anilines is 6. The van der Waals surface area contributed by atoms with Crippen molar-refractivity contribution in [1.82, 2.24) is 0 Å². The van der Waals surface area contributed by atoms with E-state index in [1.165, 1.54) is 38.9 Å². The van der Waals surface area contributed by atoms with Crippen molar-refractivity contribution in [2.75, 3.05) is 9.80 Å². The first-order valence-corrected chi connectivity index (χ1v) is 22.4. The number of hydrogen-bond acceptors (Lipinski definition) is 5. The number of fused-ring (bicyclic) bond motifs is 8. The lowest BCUT2D eigenvalue weighted by molar-refractivity contribution is 0.589. The van der Waals surface area contributed by atoms with Crippen molar-refractivity contribution in [3.8, 4) is 22.3 Å². The first kappa shape index (κ1) is 38.5. The fourth-order valence-corrected chi connectivity index (χ4v) is 10.5. The van der Waals surface area contributed by atoms with E-state index >= 15 is 0 Å². The number of para-hydroxylation sites is 2. The van der Waals surface area contributed by atoms with E-state index in [2.05, 4.69) is 180 Å². The highest BCUT2D eigenvalue weighted by Gasteiger charge is 2.47. The largest absolute Gasteiger partial charge is 0.468 e. The molecule has 0 amide bonds. The SMILES string of the molecule is Cc1cc(C(C)(C)C)cc(C)c1N1c2cccc3c2B(c2ccc(-c4coc5ccccc45)cc2N3c2cccc(-c3coc4ccccc34)c2)c2oc3ccc(C(C)(C)C)cc3c21. The van der Waals surface area contributed by atoms with Crippen molar-refractivity contribution in [1.29, 1.82) is 0 Å². The molecule has 0 unspecified atom stereocenters. The van der Waals surface area contributed by atoms with E-state index < -0.39 is 0 Å². The van der Waals surface area contributed by atoms with Gasteiger partial charge in [0, 0.05) is 50.0 Å². The van der Waals surface area contributed by atoms with Crippen LogP contribution in [-0.2, 0) is 10.8 Å². The highest BCUT2D eigenvalue weighted by molar-refractivity contribution is 7.00. The van der Waals surface area contributed by atoms with Crippen molar-refractivity contribution in [2.45, 2.75) is 66.2 Å². The van der Waals surface area contributed by atoms with E-state index in [0.717, 1.165) is 89.3 Å². The third-order valence-corrected chi connectivity index (χ3v) is 13.7. The number of rotatable bonds is 4. The molecule has 2 aliphatic rings. The highest BCUT2D eigenvalue weighted by Crippen LogP contribution is 2.50. The maximum atomic E-state index is 7.30. The van der Waals surface area contributed by atoms with E-state index in [1.807, 2.05) is 36.8 Å². The third kappa shape index (κ3) is 5.71. The molecule has 0 radical (unpaired) electrons. The Balaban J connectivity index is 1.16. The smallest absolute Gasteiger partial charge is 0.297 e. The van der Waals surface area contributed by atoms with Crippen LogP contribution in [0.5, 0.6) is 0 Å². The van der Waals surface area contributed by atoms with Gasteiger partial charge in [0.25, 0.3) is 6.71 Å². The zero-order chi connectivity index (χ0) is 43.8. The maximum absolute atomic E-state index is 7.30. The molecule has 0 aliphatic carbocycles. The Labute approximate surface area is 374 Å². The lowest BCUT2D eigenvalue weighted by Gasteiger charge is -2.43. The number of hydrogen-bond donors (Lipinski definition) is 0. The van der Waals surface area contributed by atoms with Crippen molar-refractivity contribution in [3.63, 3.8) is 0 Å². The standard InChI is InChI=1S/C58H49BN2O3/c1-34-27-39(58(6,7)8)28-35(2)54(34)61-48-20-14-19-47-53(48)59(56-55(61)43-31-38(57(3,4)5)24-26-52(43)64-56)46-25-23-37(45-33-63-51-22-12-10-18-42(45)51)30-49(46)60(47)40-16-13-15-36(29-40)44-32-62-50-21-11-9-17-41(44)50/h9-33H,1-8H3. The molecule has 0 saturated heterocycles. The van der Waals surface area contributed by atoms with E-state index in [4.69, 9.17) is 13.3 Å². The first-order valence-electron chi connectivity index (χ1n) is 22.4. The fraction of sp³-hybridized carbons (Fsp3) is 0.172. The molecule has 0 fully saturated rings. The monoisotopic (exact) mass is 832 g/mol. The molecule has 0 spiro atoms. The van der Waals surface area contributed by atoms with Gasteiger partial charge >= 0.3 is 0 Å².